The van der Waals surface area contributed by atoms with Gasteiger partial charge in [0.2, 0.25) is 0 Å². The second-order valence-electron chi connectivity index (χ2n) is 12.9. The van der Waals surface area contributed by atoms with E-state index in [0.29, 0.717) is 5.92 Å². The number of dihydropyridines is 1. The SMILES string of the molecule is CC(C)Cc1cccc2c1oc1c(C3C=CC=CN3CCc3ccccc3C3=CC=C(C(C)(C)C)CN3)cccc12. The molecule has 41 heavy (non-hydrogen) atoms. The summed E-state index contributed by atoms with van der Waals surface area (Å²) in [6.07, 6.45) is 15.4. The third-order valence-electron chi connectivity index (χ3n) is 8.45. The number of benzene rings is 3. The average Bonchev–Trinajstić information content (AvgIpc) is 3.36. The number of para-hydroxylation sites is 2. The number of allylic oxidation sites excluding steroid dienone is 4. The third-order valence-corrected chi connectivity index (χ3v) is 8.45. The van der Waals surface area contributed by atoms with Gasteiger partial charge in [0.15, 0.2) is 0 Å². The lowest BCUT2D eigenvalue weighted by Gasteiger charge is -2.31. The van der Waals surface area contributed by atoms with Crippen LogP contribution in [0.25, 0.3) is 27.6 Å². The first-order valence-corrected chi connectivity index (χ1v) is 15.1. The number of nitrogens with one attached hydrogen (secondary N) is 1. The topological polar surface area (TPSA) is 28.4 Å². The molecule has 1 N–H and O–H groups in total. The maximum atomic E-state index is 6.71. The van der Waals surface area contributed by atoms with Gasteiger partial charge in [-0.3, -0.25) is 0 Å². The van der Waals surface area contributed by atoms with Gasteiger partial charge < -0.3 is 14.6 Å². The molecule has 3 heteroatoms. The van der Waals surface area contributed by atoms with Crippen LogP contribution in [0.2, 0.25) is 0 Å². The number of nitrogens with zero attached hydrogens (tertiary/aromatic N) is 1. The van der Waals surface area contributed by atoms with Gasteiger partial charge in [0.05, 0.1) is 6.04 Å². The lowest BCUT2D eigenvalue weighted by Crippen LogP contribution is -2.27. The Morgan fingerprint density at radius 2 is 1.63 bits per heavy atom. The van der Waals surface area contributed by atoms with Crippen molar-refractivity contribution in [3.8, 4) is 0 Å². The first-order chi connectivity index (χ1) is 19.8. The molecule has 1 aromatic heterocycles. The fraction of sp³-hybridized carbons (Fsp3) is 0.316. The van der Waals surface area contributed by atoms with Crippen molar-refractivity contribution < 1.29 is 4.42 Å². The Morgan fingerprint density at radius 3 is 2.39 bits per heavy atom. The van der Waals surface area contributed by atoms with Crippen molar-refractivity contribution >= 4 is 27.6 Å². The first-order valence-electron chi connectivity index (χ1n) is 15.1. The monoisotopic (exact) mass is 542 g/mol. The normalized spacial score (nSPS) is 17.3. The summed E-state index contributed by atoms with van der Waals surface area (Å²) in [5.74, 6) is 0.578. The Morgan fingerprint density at radius 1 is 0.878 bits per heavy atom. The molecule has 2 aliphatic heterocycles. The maximum absolute atomic E-state index is 6.71. The van der Waals surface area contributed by atoms with Gasteiger partial charge in [0, 0.05) is 40.7 Å². The molecule has 1 unspecified atom stereocenters. The second-order valence-corrected chi connectivity index (χ2v) is 12.9. The van der Waals surface area contributed by atoms with Crippen LogP contribution in [0.15, 0.2) is 107 Å². The third kappa shape index (κ3) is 5.51. The standard InChI is InChI=1S/C38H42N2O/c1-26(2)24-28-13-10-15-31-32-16-11-17-33(37(32)41-36(28)31)35-18-8-9-22-40(35)23-21-27-12-6-7-14-30(27)34-20-19-29(25-39-34)38(3,4)5/h6-20,22,26,35,39H,21,23-25H2,1-5H3. The number of furan rings is 1. The number of hydrogen-bond donors (Lipinski definition) is 1. The van der Waals surface area contributed by atoms with Gasteiger partial charge in [-0.2, -0.15) is 0 Å². The van der Waals surface area contributed by atoms with E-state index in [-0.39, 0.29) is 11.5 Å². The Kier molecular flexibility index (Phi) is 7.38. The highest BCUT2D eigenvalue weighted by Gasteiger charge is 2.24. The molecular weight excluding hydrogens is 500 g/mol. The summed E-state index contributed by atoms with van der Waals surface area (Å²) >= 11 is 0. The molecule has 0 fully saturated rings. The van der Waals surface area contributed by atoms with Crippen LogP contribution >= 0.6 is 0 Å². The maximum Gasteiger partial charge on any atom is 0.141 e. The van der Waals surface area contributed by atoms with E-state index in [0.717, 1.165) is 37.1 Å². The number of rotatable bonds is 7. The van der Waals surface area contributed by atoms with Crippen LogP contribution < -0.4 is 5.32 Å². The molecule has 210 valence electrons. The van der Waals surface area contributed by atoms with E-state index in [1.54, 1.807) is 0 Å². The Hall–Kier alpha value is -3.98. The Bertz CT molecular complexity index is 1690. The van der Waals surface area contributed by atoms with Crippen LogP contribution in [0.4, 0.5) is 0 Å². The summed E-state index contributed by atoms with van der Waals surface area (Å²) in [5, 5.41) is 6.11. The molecule has 0 saturated carbocycles. The predicted molar refractivity (Wildman–Crippen MR) is 174 cm³/mol. The van der Waals surface area contributed by atoms with Crippen LogP contribution in [-0.2, 0) is 12.8 Å². The molecule has 0 saturated heterocycles. The second kappa shape index (κ2) is 11.1. The van der Waals surface area contributed by atoms with Crippen molar-refractivity contribution in [2.24, 2.45) is 11.3 Å². The van der Waals surface area contributed by atoms with Crippen LogP contribution in [0.3, 0.4) is 0 Å². The molecule has 3 heterocycles. The summed E-state index contributed by atoms with van der Waals surface area (Å²) in [7, 11) is 0. The average molecular weight is 543 g/mol. The van der Waals surface area contributed by atoms with Crippen molar-refractivity contribution in [3.63, 3.8) is 0 Å². The fourth-order valence-corrected chi connectivity index (χ4v) is 6.21. The summed E-state index contributed by atoms with van der Waals surface area (Å²) < 4.78 is 6.71. The first kappa shape index (κ1) is 27.2. The van der Waals surface area contributed by atoms with Gasteiger partial charge in [-0.1, -0.05) is 114 Å². The zero-order valence-electron chi connectivity index (χ0n) is 25.1. The molecule has 1 atom stereocenters. The molecular formula is C38H42N2O. The Balaban J connectivity index is 1.29. The molecule has 6 rings (SSSR count). The van der Waals surface area contributed by atoms with Gasteiger partial charge >= 0.3 is 0 Å². The van der Waals surface area contributed by atoms with Crippen molar-refractivity contribution in [1.82, 2.24) is 10.2 Å². The van der Waals surface area contributed by atoms with Crippen LogP contribution in [-0.4, -0.2) is 18.0 Å². The summed E-state index contributed by atoms with van der Waals surface area (Å²) in [5.41, 5.74) is 10.0. The minimum Gasteiger partial charge on any atom is -0.455 e. The zero-order valence-corrected chi connectivity index (χ0v) is 25.1. The van der Waals surface area contributed by atoms with Crippen molar-refractivity contribution in [1.29, 1.82) is 0 Å². The number of fused-ring (bicyclic) bond motifs is 3. The highest BCUT2D eigenvalue weighted by atomic mass is 16.3. The van der Waals surface area contributed by atoms with Gasteiger partial charge in [-0.05, 0) is 59.2 Å². The summed E-state index contributed by atoms with van der Waals surface area (Å²) in [6.45, 7) is 13.2. The minimum absolute atomic E-state index is 0.120. The molecule has 3 aromatic carbocycles. The summed E-state index contributed by atoms with van der Waals surface area (Å²) in [4.78, 5) is 2.45. The van der Waals surface area contributed by atoms with Crippen LogP contribution in [0.5, 0.6) is 0 Å². The van der Waals surface area contributed by atoms with Gasteiger partial charge in [-0.15, -0.1) is 0 Å². The smallest absolute Gasteiger partial charge is 0.141 e. The molecule has 2 aliphatic rings. The van der Waals surface area contributed by atoms with E-state index in [9.17, 15) is 0 Å². The fourth-order valence-electron chi connectivity index (χ4n) is 6.21. The molecule has 0 bridgehead atoms. The lowest BCUT2D eigenvalue weighted by molar-refractivity contribution is 0.324. The van der Waals surface area contributed by atoms with Crippen molar-refractivity contribution in [2.75, 3.05) is 13.1 Å². The van der Waals surface area contributed by atoms with E-state index in [4.69, 9.17) is 4.42 Å². The van der Waals surface area contributed by atoms with E-state index in [1.807, 2.05) is 0 Å². The van der Waals surface area contributed by atoms with Crippen LogP contribution in [0, 0.1) is 11.3 Å². The largest absolute Gasteiger partial charge is 0.455 e. The van der Waals surface area contributed by atoms with Crippen molar-refractivity contribution in [3.05, 3.63) is 125 Å². The van der Waals surface area contributed by atoms with E-state index in [2.05, 4.69) is 142 Å². The van der Waals surface area contributed by atoms with E-state index in [1.165, 1.54) is 44.3 Å². The molecule has 0 radical (unpaired) electrons. The molecule has 0 spiro atoms. The van der Waals surface area contributed by atoms with Gasteiger partial charge in [0.25, 0.3) is 0 Å². The highest BCUT2D eigenvalue weighted by Crippen LogP contribution is 2.38. The van der Waals surface area contributed by atoms with Crippen LogP contribution in [0.1, 0.15) is 62.9 Å². The predicted octanol–water partition coefficient (Wildman–Crippen LogP) is 9.37. The minimum atomic E-state index is 0.120. The lowest BCUT2D eigenvalue weighted by atomic mass is 9.84. The zero-order chi connectivity index (χ0) is 28.6. The highest BCUT2D eigenvalue weighted by molar-refractivity contribution is 6.07. The van der Waals surface area contributed by atoms with Gasteiger partial charge in [0.1, 0.15) is 11.2 Å². The summed E-state index contributed by atoms with van der Waals surface area (Å²) in [6, 6.07) is 22.2. The molecule has 3 nitrogen and oxygen atoms in total. The quantitative estimate of drug-likeness (QED) is 0.252. The van der Waals surface area contributed by atoms with E-state index >= 15 is 0 Å². The molecule has 4 aromatic rings. The number of hydrogen-bond acceptors (Lipinski definition) is 3. The molecule has 0 amide bonds. The van der Waals surface area contributed by atoms with E-state index < -0.39 is 0 Å². The van der Waals surface area contributed by atoms with Crippen molar-refractivity contribution in [2.45, 2.75) is 53.5 Å². The Labute approximate surface area is 244 Å². The molecule has 0 aliphatic carbocycles. The van der Waals surface area contributed by atoms with Gasteiger partial charge in [-0.25, -0.2) is 0 Å².